The highest BCUT2D eigenvalue weighted by Gasteiger charge is 2.53. The summed E-state index contributed by atoms with van der Waals surface area (Å²) in [5, 5.41) is 28.9. The number of carbonyl (C=O) groups excluding carboxylic acids is 2. The zero-order chi connectivity index (χ0) is 29.6. The summed E-state index contributed by atoms with van der Waals surface area (Å²) in [7, 11) is 0. The molecule has 1 amide bonds. The molecule has 2 aliphatic heterocycles. The van der Waals surface area contributed by atoms with Crippen LogP contribution < -0.4 is 20.7 Å². The number of ether oxygens (including phenoxy) is 3. The third kappa shape index (κ3) is 5.83. The summed E-state index contributed by atoms with van der Waals surface area (Å²) in [5.41, 5.74) is 1.17. The van der Waals surface area contributed by atoms with Gasteiger partial charge >= 0.3 is 12.1 Å². The monoisotopic (exact) mass is 575 g/mol. The number of terminal acetylenes is 1. The van der Waals surface area contributed by atoms with Crippen molar-refractivity contribution >= 4 is 35.1 Å². The maximum Gasteiger partial charge on any atom is 0.407 e. The fourth-order valence-electron chi connectivity index (χ4n) is 4.55. The van der Waals surface area contributed by atoms with E-state index < -0.39 is 17.7 Å². The van der Waals surface area contributed by atoms with Gasteiger partial charge in [0.1, 0.15) is 29.6 Å². The van der Waals surface area contributed by atoms with Crippen molar-refractivity contribution in [1.82, 2.24) is 10.6 Å². The van der Waals surface area contributed by atoms with Gasteiger partial charge in [0.25, 0.3) is 0 Å². The van der Waals surface area contributed by atoms with Gasteiger partial charge in [0.2, 0.25) is 0 Å². The van der Waals surface area contributed by atoms with Crippen LogP contribution in [0.2, 0.25) is 0 Å². The molecule has 2 aliphatic rings. The Morgan fingerprint density at radius 2 is 1.59 bits per heavy atom. The number of fused-ring (bicyclic) bond motifs is 6. The summed E-state index contributed by atoms with van der Waals surface area (Å²) in [4.78, 5) is 24.8. The van der Waals surface area contributed by atoms with Crippen LogP contribution in [-0.2, 0) is 15.1 Å². The summed E-state index contributed by atoms with van der Waals surface area (Å²) < 4.78 is 16.9. The number of hydrogen-bond donors (Lipinski definition) is 5. The van der Waals surface area contributed by atoms with Crippen molar-refractivity contribution in [2.45, 2.75) is 25.9 Å². The number of anilines is 1. The van der Waals surface area contributed by atoms with E-state index in [4.69, 9.17) is 32.9 Å². The second kappa shape index (κ2) is 12.5. The molecule has 0 bridgehead atoms. The third-order valence-corrected chi connectivity index (χ3v) is 6.44. The number of phenolic OH excluding ortho intramolecular Hbond substituents is 2. The number of benzene rings is 3. The highest BCUT2D eigenvalue weighted by atomic mass is 32.1. The van der Waals surface area contributed by atoms with Crippen molar-refractivity contribution in [2.75, 3.05) is 25.0 Å². The van der Waals surface area contributed by atoms with Crippen LogP contribution in [0.1, 0.15) is 47.3 Å². The Morgan fingerprint density at radius 3 is 2.22 bits per heavy atom. The molecule has 0 unspecified atom stereocenters. The Hall–Kier alpha value is -4.95. The van der Waals surface area contributed by atoms with Crippen molar-refractivity contribution in [1.29, 1.82) is 0 Å². The zero-order valence-electron chi connectivity index (χ0n) is 22.4. The lowest BCUT2D eigenvalue weighted by molar-refractivity contribution is 0.0224. The van der Waals surface area contributed by atoms with Crippen LogP contribution in [0.4, 0.5) is 10.5 Å². The predicted octanol–water partition coefficient (Wildman–Crippen LogP) is 4.73. The number of esters is 1. The molecule has 5 rings (SSSR count). The van der Waals surface area contributed by atoms with Crippen LogP contribution in [0.15, 0.2) is 54.6 Å². The van der Waals surface area contributed by atoms with Gasteiger partial charge in [-0.15, -0.1) is 12.3 Å². The second-order valence-corrected chi connectivity index (χ2v) is 9.10. The minimum absolute atomic E-state index is 0.0198. The van der Waals surface area contributed by atoms with E-state index >= 15 is 0 Å². The van der Waals surface area contributed by atoms with Gasteiger partial charge < -0.3 is 40.4 Å². The van der Waals surface area contributed by atoms with Gasteiger partial charge in [-0.05, 0) is 48.6 Å². The lowest BCUT2D eigenvalue weighted by Crippen LogP contribution is -2.37. The van der Waals surface area contributed by atoms with Gasteiger partial charge in [-0.25, -0.2) is 9.59 Å². The SMILES string of the molecule is C#CCCOC(=O)NCCNC(=S)Nc1ccc2c(c1)C(=O)OC21c2ccc(O)cc2Oc2cc(O)ccc21.CC. The van der Waals surface area contributed by atoms with E-state index in [-0.39, 0.29) is 29.8 Å². The minimum Gasteiger partial charge on any atom is -0.508 e. The van der Waals surface area contributed by atoms with Crippen molar-refractivity contribution in [3.63, 3.8) is 0 Å². The number of phenols is 2. The van der Waals surface area contributed by atoms with Crippen molar-refractivity contribution in [2.24, 2.45) is 0 Å². The first-order chi connectivity index (χ1) is 19.8. The summed E-state index contributed by atoms with van der Waals surface area (Å²) in [5.74, 6) is 2.39. The minimum atomic E-state index is -1.34. The Bertz CT molecular complexity index is 1480. The molecule has 0 aromatic heterocycles. The molecule has 0 atom stereocenters. The molecule has 10 nitrogen and oxygen atoms in total. The van der Waals surface area contributed by atoms with Gasteiger partial charge in [-0.3, -0.25) is 0 Å². The van der Waals surface area contributed by atoms with Gasteiger partial charge in [-0.1, -0.05) is 19.9 Å². The van der Waals surface area contributed by atoms with Crippen LogP contribution in [-0.4, -0.2) is 47.1 Å². The number of alkyl carbamates (subject to hydrolysis) is 1. The van der Waals surface area contributed by atoms with E-state index in [9.17, 15) is 19.8 Å². The molecule has 0 saturated heterocycles. The van der Waals surface area contributed by atoms with Crippen LogP contribution >= 0.6 is 12.2 Å². The van der Waals surface area contributed by atoms with Crippen LogP contribution in [0.3, 0.4) is 0 Å². The summed E-state index contributed by atoms with van der Waals surface area (Å²) in [6.45, 7) is 4.74. The molecule has 0 saturated carbocycles. The maximum absolute atomic E-state index is 13.2. The standard InChI is InChI=1S/C28H23N3O7S.C2H6/c1-2-3-12-36-27(35)30-11-10-29-26(39)31-16-4-7-20-19(13-16)25(34)38-28(20)21-8-5-17(32)14-23(21)37-24-15-18(33)6-9-22(24)28;1-2/h1,4-9,13-15,32-33H,3,10-12H2,(H,30,35)(H2,29,31,39);1-2H3. The number of hydrogen-bond acceptors (Lipinski definition) is 8. The molecule has 212 valence electrons. The number of nitrogens with one attached hydrogen (secondary N) is 3. The second-order valence-electron chi connectivity index (χ2n) is 8.69. The van der Waals surface area contributed by atoms with E-state index in [1.54, 1.807) is 30.3 Å². The van der Waals surface area contributed by atoms with Crippen LogP contribution in [0, 0.1) is 12.3 Å². The van der Waals surface area contributed by atoms with Crippen LogP contribution in [0.25, 0.3) is 0 Å². The number of carbonyl (C=O) groups is 2. The van der Waals surface area contributed by atoms with Gasteiger partial charge in [0.05, 0.1) is 5.56 Å². The van der Waals surface area contributed by atoms with Gasteiger partial charge in [0, 0.05) is 54.0 Å². The van der Waals surface area contributed by atoms with Gasteiger partial charge in [0.15, 0.2) is 10.7 Å². The molecule has 0 fully saturated rings. The fourth-order valence-corrected chi connectivity index (χ4v) is 4.77. The van der Waals surface area contributed by atoms with Gasteiger partial charge in [-0.2, -0.15) is 0 Å². The maximum atomic E-state index is 13.2. The van der Waals surface area contributed by atoms with E-state index in [2.05, 4.69) is 21.9 Å². The Morgan fingerprint density at radius 1 is 0.976 bits per heavy atom. The van der Waals surface area contributed by atoms with Crippen molar-refractivity contribution in [3.05, 3.63) is 76.9 Å². The highest BCUT2D eigenvalue weighted by molar-refractivity contribution is 7.80. The Balaban J connectivity index is 0.00000189. The molecule has 5 N–H and O–H groups in total. The lowest BCUT2D eigenvalue weighted by Gasteiger charge is -2.36. The number of aromatic hydroxyl groups is 2. The zero-order valence-corrected chi connectivity index (χ0v) is 23.3. The van der Waals surface area contributed by atoms with E-state index in [1.807, 2.05) is 13.8 Å². The summed E-state index contributed by atoms with van der Waals surface area (Å²) >= 11 is 5.34. The molecular formula is C30H29N3O7S. The molecule has 3 aromatic rings. The normalized spacial score (nSPS) is 13.0. The fraction of sp³-hybridized carbons (Fsp3) is 0.233. The topological polar surface area (TPSA) is 138 Å². The number of rotatable bonds is 6. The lowest BCUT2D eigenvalue weighted by atomic mass is 9.77. The first-order valence-corrected chi connectivity index (χ1v) is 13.3. The van der Waals surface area contributed by atoms with Crippen LogP contribution in [0.5, 0.6) is 23.0 Å². The number of amides is 1. The third-order valence-electron chi connectivity index (χ3n) is 6.19. The molecule has 2 heterocycles. The summed E-state index contributed by atoms with van der Waals surface area (Å²) in [6, 6.07) is 14.3. The molecule has 3 aromatic carbocycles. The molecule has 11 heteroatoms. The highest BCUT2D eigenvalue weighted by Crippen LogP contribution is 2.57. The van der Waals surface area contributed by atoms with E-state index in [1.165, 1.54) is 24.3 Å². The quantitative estimate of drug-likeness (QED) is 0.121. The molecule has 0 aliphatic carbocycles. The average molecular weight is 576 g/mol. The van der Waals surface area contributed by atoms with E-state index in [0.29, 0.717) is 52.4 Å². The average Bonchev–Trinajstić information content (AvgIpc) is 3.24. The molecule has 0 radical (unpaired) electrons. The first-order valence-electron chi connectivity index (χ1n) is 12.9. The van der Waals surface area contributed by atoms with Crippen molar-refractivity contribution in [3.8, 4) is 35.3 Å². The predicted molar refractivity (Wildman–Crippen MR) is 156 cm³/mol. The largest absolute Gasteiger partial charge is 0.508 e. The Labute approximate surface area is 242 Å². The first kappa shape index (κ1) is 29.0. The Kier molecular flexibility index (Phi) is 8.84. The van der Waals surface area contributed by atoms with E-state index in [0.717, 1.165) is 0 Å². The number of thiocarbonyl (C=S) groups is 1. The smallest absolute Gasteiger partial charge is 0.407 e. The molecular weight excluding hydrogens is 546 g/mol. The molecule has 41 heavy (non-hydrogen) atoms. The summed E-state index contributed by atoms with van der Waals surface area (Å²) in [6.07, 6.45) is 4.89. The van der Waals surface area contributed by atoms with Crippen molar-refractivity contribution < 1.29 is 34.0 Å². The molecule has 1 spiro atoms.